The zero-order chi connectivity index (χ0) is 12.6. The van der Waals surface area contributed by atoms with E-state index in [9.17, 15) is 4.79 Å². The third-order valence-corrected chi connectivity index (χ3v) is 3.74. The van der Waals surface area contributed by atoms with Crippen molar-refractivity contribution in [2.75, 3.05) is 11.4 Å². The molecule has 1 unspecified atom stereocenters. The predicted molar refractivity (Wildman–Crippen MR) is 71.9 cm³/mol. The van der Waals surface area contributed by atoms with Crippen molar-refractivity contribution in [3.8, 4) is 0 Å². The summed E-state index contributed by atoms with van der Waals surface area (Å²) in [5.41, 5.74) is 1.80. The highest BCUT2D eigenvalue weighted by Gasteiger charge is 2.29. The van der Waals surface area contributed by atoms with E-state index in [2.05, 4.69) is 6.58 Å². The van der Waals surface area contributed by atoms with Gasteiger partial charge in [0.2, 0.25) is 5.91 Å². The second-order valence-corrected chi connectivity index (χ2v) is 5.07. The molecule has 2 rings (SSSR count). The van der Waals surface area contributed by atoms with Gasteiger partial charge in [-0.2, -0.15) is 0 Å². The number of benzene rings is 1. The average molecular weight is 270 g/mol. The molecule has 0 aliphatic carbocycles. The lowest BCUT2D eigenvalue weighted by molar-refractivity contribution is -0.117. The van der Waals surface area contributed by atoms with Crippen molar-refractivity contribution in [1.82, 2.24) is 0 Å². The van der Waals surface area contributed by atoms with Crippen molar-refractivity contribution in [1.29, 1.82) is 0 Å². The van der Waals surface area contributed by atoms with Gasteiger partial charge in [0, 0.05) is 24.6 Å². The number of halogens is 2. The molecule has 1 aliphatic rings. The summed E-state index contributed by atoms with van der Waals surface area (Å²) in [5, 5.41) is 0.988. The van der Waals surface area contributed by atoms with Crippen LogP contribution in [0.15, 0.2) is 24.8 Å². The van der Waals surface area contributed by atoms with Crippen LogP contribution in [0.4, 0.5) is 5.69 Å². The van der Waals surface area contributed by atoms with Gasteiger partial charge in [-0.05, 0) is 24.6 Å². The van der Waals surface area contributed by atoms with Crippen LogP contribution in [0, 0.1) is 12.8 Å². The van der Waals surface area contributed by atoms with Gasteiger partial charge >= 0.3 is 0 Å². The molecule has 90 valence electrons. The summed E-state index contributed by atoms with van der Waals surface area (Å²) in [5.74, 6) is 0.327. The van der Waals surface area contributed by atoms with E-state index in [4.69, 9.17) is 23.2 Å². The first-order chi connectivity index (χ1) is 8.02. The molecule has 4 heteroatoms. The van der Waals surface area contributed by atoms with Gasteiger partial charge in [-0.15, -0.1) is 6.58 Å². The highest BCUT2D eigenvalue weighted by molar-refractivity contribution is 6.42. The number of aryl methyl sites for hydroxylation is 1. The summed E-state index contributed by atoms with van der Waals surface area (Å²) < 4.78 is 0. The smallest absolute Gasteiger partial charge is 0.227 e. The minimum Gasteiger partial charge on any atom is -0.311 e. The van der Waals surface area contributed by atoms with Crippen LogP contribution < -0.4 is 4.90 Å². The van der Waals surface area contributed by atoms with Crippen molar-refractivity contribution in [3.05, 3.63) is 40.4 Å². The summed E-state index contributed by atoms with van der Waals surface area (Å²) in [7, 11) is 0. The molecule has 17 heavy (non-hydrogen) atoms. The van der Waals surface area contributed by atoms with E-state index in [0.717, 1.165) is 11.3 Å². The quantitative estimate of drug-likeness (QED) is 0.748. The molecule has 0 saturated carbocycles. The molecule has 0 radical (unpaired) electrons. The monoisotopic (exact) mass is 269 g/mol. The number of anilines is 1. The number of amides is 1. The fourth-order valence-corrected chi connectivity index (χ4v) is 2.43. The first-order valence-electron chi connectivity index (χ1n) is 5.41. The van der Waals surface area contributed by atoms with Crippen molar-refractivity contribution in [3.63, 3.8) is 0 Å². The van der Waals surface area contributed by atoms with Gasteiger partial charge in [0.15, 0.2) is 0 Å². The maximum atomic E-state index is 11.9. The Morgan fingerprint density at radius 3 is 2.65 bits per heavy atom. The summed E-state index contributed by atoms with van der Waals surface area (Å²) in [6.07, 6.45) is 2.34. The van der Waals surface area contributed by atoms with Crippen molar-refractivity contribution in [2.45, 2.75) is 13.3 Å². The lowest BCUT2D eigenvalue weighted by Crippen LogP contribution is -2.25. The Bertz CT molecular complexity index is 485. The Morgan fingerprint density at radius 2 is 2.06 bits per heavy atom. The summed E-state index contributed by atoms with van der Waals surface area (Å²) >= 11 is 11.9. The van der Waals surface area contributed by atoms with Crippen molar-refractivity contribution < 1.29 is 4.79 Å². The molecular weight excluding hydrogens is 257 g/mol. The van der Waals surface area contributed by atoms with Gasteiger partial charge in [-0.1, -0.05) is 29.3 Å². The average Bonchev–Trinajstić information content (AvgIpc) is 2.65. The topological polar surface area (TPSA) is 20.3 Å². The summed E-state index contributed by atoms with van der Waals surface area (Å²) in [6.45, 7) is 6.32. The number of carbonyl (C=O) groups is 1. The van der Waals surface area contributed by atoms with E-state index in [1.807, 2.05) is 13.0 Å². The maximum absolute atomic E-state index is 11.9. The van der Waals surface area contributed by atoms with Gasteiger partial charge in [-0.3, -0.25) is 4.79 Å². The predicted octanol–water partition coefficient (Wildman–Crippen LogP) is 3.84. The van der Waals surface area contributed by atoms with E-state index in [-0.39, 0.29) is 11.8 Å². The van der Waals surface area contributed by atoms with Crippen molar-refractivity contribution >= 4 is 34.8 Å². The first kappa shape index (κ1) is 12.5. The van der Waals surface area contributed by atoms with Gasteiger partial charge < -0.3 is 4.90 Å². The molecular formula is C13H13Cl2NO. The van der Waals surface area contributed by atoms with Gasteiger partial charge in [0.05, 0.1) is 10.0 Å². The molecule has 0 aromatic heterocycles. The fraction of sp³-hybridized carbons (Fsp3) is 0.308. The molecule has 0 N–H and O–H groups in total. The number of hydrogen-bond acceptors (Lipinski definition) is 1. The van der Waals surface area contributed by atoms with Crippen LogP contribution >= 0.6 is 23.2 Å². The van der Waals surface area contributed by atoms with E-state index < -0.39 is 0 Å². The number of rotatable bonds is 2. The standard InChI is InChI=1S/C13H13Cl2NO/c1-3-9-5-13(17)16(7-9)12-6-11(15)10(14)4-8(12)2/h3-4,6,9H,1,5,7H2,2H3. The fourth-order valence-electron chi connectivity index (χ4n) is 2.05. The molecule has 2 nitrogen and oxygen atoms in total. The molecule has 1 saturated heterocycles. The van der Waals surface area contributed by atoms with Crippen LogP contribution in [-0.4, -0.2) is 12.5 Å². The zero-order valence-corrected chi connectivity index (χ0v) is 11.1. The zero-order valence-electron chi connectivity index (χ0n) is 9.54. The summed E-state index contributed by atoms with van der Waals surface area (Å²) in [6, 6.07) is 3.54. The Hall–Kier alpha value is -0.990. The molecule has 1 heterocycles. The largest absolute Gasteiger partial charge is 0.311 e. The lowest BCUT2D eigenvalue weighted by Gasteiger charge is -2.19. The van der Waals surface area contributed by atoms with Crippen LogP contribution in [0.1, 0.15) is 12.0 Å². The van der Waals surface area contributed by atoms with Gasteiger partial charge in [0.25, 0.3) is 0 Å². The maximum Gasteiger partial charge on any atom is 0.227 e. The van der Waals surface area contributed by atoms with Gasteiger partial charge in [-0.25, -0.2) is 0 Å². The Kier molecular flexibility index (Phi) is 3.45. The normalized spacial score (nSPS) is 19.8. The van der Waals surface area contributed by atoms with E-state index in [0.29, 0.717) is 23.0 Å². The molecule has 1 atom stereocenters. The van der Waals surface area contributed by atoms with Crippen molar-refractivity contribution in [2.24, 2.45) is 5.92 Å². The molecule has 0 spiro atoms. The third kappa shape index (κ3) is 2.33. The number of hydrogen-bond donors (Lipinski definition) is 0. The van der Waals surface area contributed by atoms with Crippen LogP contribution in [0.3, 0.4) is 0 Å². The Balaban J connectivity index is 2.38. The Morgan fingerprint density at radius 1 is 1.41 bits per heavy atom. The molecule has 0 bridgehead atoms. The highest BCUT2D eigenvalue weighted by Crippen LogP contribution is 2.34. The lowest BCUT2D eigenvalue weighted by atomic mass is 10.1. The minimum absolute atomic E-state index is 0.108. The van der Waals surface area contributed by atoms with E-state index >= 15 is 0 Å². The van der Waals surface area contributed by atoms with Gasteiger partial charge in [0.1, 0.15) is 0 Å². The molecule has 1 aliphatic heterocycles. The van der Waals surface area contributed by atoms with Crippen LogP contribution in [0.2, 0.25) is 10.0 Å². The minimum atomic E-state index is 0.108. The van der Waals surface area contributed by atoms with E-state index in [1.165, 1.54) is 0 Å². The van der Waals surface area contributed by atoms with E-state index in [1.54, 1.807) is 17.0 Å². The highest BCUT2D eigenvalue weighted by atomic mass is 35.5. The molecule has 1 fully saturated rings. The molecule has 1 aromatic rings. The van der Waals surface area contributed by atoms with Crippen LogP contribution in [0.5, 0.6) is 0 Å². The SMILES string of the molecule is C=CC1CC(=O)N(c2cc(Cl)c(Cl)cc2C)C1. The number of nitrogens with zero attached hydrogens (tertiary/aromatic N) is 1. The first-order valence-corrected chi connectivity index (χ1v) is 6.17. The van der Waals surface area contributed by atoms with Crippen LogP contribution in [-0.2, 0) is 4.79 Å². The number of carbonyl (C=O) groups excluding carboxylic acids is 1. The Labute approximate surface area is 111 Å². The second kappa shape index (κ2) is 4.71. The van der Waals surface area contributed by atoms with Crippen LogP contribution in [0.25, 0.3) is 0 Å². The molecule has 1 aromatic carbocycles. The third-order valence-electron chi connectivity index (χ3n) is 3.02. The second-order valence-electron chi connectivity index (χ2n) is 4.26. The molecule has 1 amide bonds. The summed E-state index contributed by atoms with van der Waals surface area (Å²) in [4.78, 5) is 13.6.